The first-order valence-electron chi connectivity index (χ1n) is 5.60. The molecule has 0 spiro atoms. The zero-order chi connectivity index (χ0) is 12.3. The Morgan fingerprint density at radius 1 is 0.941 bits per heavy atom. The highest BCUT2D eigenvalue weighted by Crippen LogP contribution is 2.31. The van der Waals surface area contributed by atoms with Crippen molar-refractivity contribution in [2.45, 2.75) is 13.0 Å². The molecule has 0 amide bonds. The summed E-state index contributed by atoms with van der Waals surface area (Å²) in [5.74, 6) is 1.52. The van der Waals surface area contributed by atoms with E-state index in [0.29, 0.717) is 0 Å². The van der Waals surface area contributed by atoms with Crippen molar-refractivity contribution in [2.75, 3.05) is 14.2 Å². The van der Waals surface area contributed by atoms with Crippen LogP contribution < -0.4 is 9.47 Å². The fraction of sp³-hybridized carbons (Fsp3) is 0.286. The van der Waals surface area contributed by atoms with Crippen LogP contribution >= 0.6 is 0 Å². The molecular formula is C14H17NO2. The molecule has 1 heterocycles. The van der Waals surface area contributed by atoms with E-state index in [4.69, 9.17) is 9.47 Å². The molecule has 0 saturated carbocycles. The molecule has 0 radical (unpaired) electrons. The van der Waals surface area contributed by atoms with E-state index >= 15 is 0 Å². The Hall–Kier alpha value is -1.90. The van der Waals surface area contributed by atoms with E-state index in [1.807, 2.05) is 30.6 Å². The Kier molecular flexibility index (Phi) is 3.38. The van der Waals surface area contributed by atoms with Crippen molar-refractivity contribution in [1.29, 1.82) is 0 Å². The lowest BCUT2D eigenvalue weighted by atomic mass is 10.1. The molecule has 90 valence electrons. The monoisotopic (exact) mass is 231 g/mol. The molecule has 0 aliphatic rings. The van der Waals surface area contributed by atoms with Crippen molar-refractivity contribution in [1.82, 2.24) is 4.57 Å². The quantitative estimate of drug-likeness (QED) is 0.807. The fourth-order valence-electron chi connectivity index (χ4n) is 1.87. The zero-order valence-corrected chi connectivity index (χ0v) is 10.4. The lowest BCUT2D eigenvalue weighted by molar-refractivity contribution is 0.358. The van der Waals surface area contributed by atoms with Crippen LogP contribution in [-0.2, 0) is 0 Å². The van der Waals surface area contributed by atoms with Crippen LogP contribution in [0.3, 0.4) is 0 Å². The molecule has 1 atom stereocenters. The highest BCUT2D eigenvalue weighted by atomic mass is 16.5. The largest absolute Gasteiger partial charge is 0.491 e. The molecule has 1 aromatic carbocycles. The average Bonchev–Trinajstić information content (AvgIpc) is 2.82. The molecule has 2 aromatic rings. The molecule has 0 saturated heterocycles. The van der Waals surface area contributed by atoms with Gasteiger partial charge in [0.05, 0.1) is 32.7 Å². The van der Waals surface area contributed by atoms with Gasteiger partial charge in [-0.05, 0) is 12.5 Å². The summed E-state index contributed by atoms with van der Waals surface area (Å²) < 4.78 is 12.6. The number of ether oxygens (including phenoxy) is 2. The number of methoxy groups -OCH3 is 2. The molecule has 0 unspecified atom stereocenters. The van der Waals surface area contributed by atoms with Gasteiger partial charge in [0.15, 0.2) is 11.5 Å². The minimum atomic E-state index is 0.258. The van der Waals surface area contributed by atoms with Crippen LogP contribution in [0.15, 0.2) is 42.7 Å². The van der Waals surface area contributed by atoms with E-state index in [2.05, 4.69) is 23.6 Å². The number of hydrogen-bond acceptors (Lipinski definition) is 2. The summed E-state index contributed by atoms with van der Waals surface area (Å²) >= 11 is 0. The topological polar surface area (TPSA) is 23.4 Å². The van der Waals surface area contributed by atoms with Crippen LogP contribution in [0.2, 0.25) is 0 Å². The van der Waals surface area contributed by atoms with Gasteiger partial charge in [0.2, 0.25) is 0 Å². The lowest BCUT2D eigenvalue weighted by Crippen LogP contribution is -2.03. The first kappa shape index (κ1) is 11.6. The van der Waals surface area contributed by atoms with Gasteiger partial charge in [-0.1, -0.05) is 30.3 Å². The van der Waals surface area contributed by atoms with Crippen LogP contribution in [0.5, 0.6) is 11.5 Å². The van der Waals surface area contributed by atoms with E-state index in [1.165, 1.54) is 5.56 Å². The minimum Gasteiger partial charge on any atom is -0.491 e. The summed E-state index contributed by atoms with van der Waals surface area (Å²) in [5.41, 5.74) is 1.26. The van der Waals surface area contributed by atoms with E-state index < -0.39 is 0 Å². The van der Waals surface area contributed by atoms with E-state index in [0.717, 1.165) is 11.5 Å². The number of benzene rings is 1. The maximum absolute atomic E-state index is 5.26. The van der Waals surface area contributed by atoms with Crippen molar-refractivity contribution < 1.29 is 9.47 Å². The van der Waals surface area contributed by atoms with Crippen LogP contribution in [-0.4, -0.2) is 18.8 Å². The van der Waals surface area contributed by atoms with Gasteiger partial charge in [-0.2, -0.15) is 0 Å². The van der Waals surface area contributed by atoms with Gasteiger partial charge < -0.3 is 14.0 Å². The number of rotatable bonds is 4. The highest BCUT2D eigenvalue weighted by molar-refractivity contribution is 5.38. The van der Waals surface area contributed by atoms with E-state index in [-0.39, 0.29) is 6.04 Å². The summed E-state index contributed by atoms with van der Waals surface area (Å²) in [5, 5.41) is 0. The molecule has 0 aliphatic heterocycles. The first-order chi connectivity index (χ1) is 8.26. The van der Waals surface area contributed by atoms with Crippen molar-refractivity contribution >= 4 is 0 Å². The molecule has 3 heteroatoms. The molecular weight excluding hydrogens is 214 g/mol. The summed E-state index contributed by atoms with van der Waals surface area (Å²) in [7, 11) is 3.30. The minimum absolute atomic E-state index is 0.258. The van der Waals surface area contributed by atoms with Gasteiger partial charge >= 0.3 is 0 Å². The third kappa shape index (κ3) is 2.28. The fourth-order valence-corrected chi connectivity index (χ4v) is 1.87. The molecule has 17 heavy (non-hydrogen) atoms. The number of hydrogen-bond donors (Lipinski definition) is 0. The van der Waals surface area contributed by atoms with Crippen molar-refractivity contribution in [2.24, 2.45) is 0 Å². The van der Waals surface area contributed by atoms with Gasteiger partial charge in [-0.3, -0.25) is 0 Å². The number of nitrogens with zero attached hydrogens (tertiary/aromatic N) is 1. The maximum atomic E-state index is 5.26. The second kappa shape index (κ2) is 4.95. The van der Waals surface area contributed by atoms with Crippen LogP contribution in [0.1, 0.15) is 18.5 Å². The molecule has 0 aliphatic carbocycles. The predicted octanol–water partition coefficient (Wildman–Crippen LogP) is 3.11. The Bertz CT molecular complexity index is 455. The standard InChI is InChI=1S/C14H17NO2/c1-11(12-7-5-4-6-8-12)15-9-13(16-2)14(10-15)17-3/h4-11H,1-3H3/t11-/m1/s1. The molecule has 0 fully saturated rings. The molecule has 2 rings (SSSR count). The molecule has 1 aromatic heterocycles. The summed E-state index contributed by atoms with van der Waals surface area (Å²) in [4.78, 5) is 0. The van der Waals surface area contributed by atoms with Crippen LogP contribution in [0.4, 0.5) is 0 Å². The van der Waals surface area contributed by atoms with Crippen molar-refractivity contribution in [3.63, 3.8) is 0 Å². The van der Waals surface area contributed by atoms with Crippen LogP contribution in [0, 0.1) is 0 Å². The Labute approximate surface area is 102 Å². The SMILES string of the molecule is COc1cn([C@H](C)c2ccccc2)cc1OC. The molecule has 3 nitrogen and oxygen atoms in total. The normalized spacial score (nSPS) is 12.2. The van der Waals surface area contributed by atoms with Crippen LogP contribution in [0.25, 0.3) is 0 Å². The second-order valence-electron chi connectivity index (χ2n) is 3.93. The highest BCUT2D eigenvalue weighted by Gasteiger charge is 2.12. The molecule has 0 N–H and O–H groups in total. The summed E-state index contributed by atoms with van der Waals surface area (Å²) in [6, 6.07) is 10.6. The smallest absolute Gasteiger partial charge is 0.178 e. The summed E-state index contributed by atoms with van der Waals surface area (Å²) in [6.45, 7) is 2.15. The predicted molar refractivity (Wildman–Crippen MR) is 67.8 cm³/mol. The second-order valence-corrected chi connectivity index (χ2v) is 3.93. The van der Waals surface area contributed by atoms with Crippen molar-refractivity contribution in [3.8, 4) is 11.5 Å². The summed E-state index contributed by atoms with van der Waals surface area (Å²) in [6.07, 6.45) is 3.91. The van der Waals surface area contributed by atoms with Gasteiger partial charge in [-0.25, -0.2) is 0 Å². The first-order valence-corrected chi connectivity index (χ1v) is 5.60. The Morgan fingerprint density at radius 2 is 1.47 bits per heavy atom. The third-order valence-electron chi connectivity index (χ3n) is 2.94. The van der Waals surface area contributed by atoms with Crippen molar-refractivity contribution in [3.05, 3.63) is 48.3 Å². The zero-order valence-electron chi connectivity index (χ0n) is 10.4. The lowest BCUT2D eigenvalue weighted by Gasteiger charge is -2.13. The van der Waals surface area contributed by atoms with E-state index in [1.54, 1.807) is 14.2 Å². The Balaban J connectivity index is 2.31. The maximum Gasteiger partial charge on any atom is 0.178 e. The number of aromatic nitrogens is 1. The van der Waals surface area contributed by atoms with Gasteiger partial charge in [0.25, 0.3) is 0 Å². The van der Waals surface area contributed by atoms with Gasteiger partial charge in [0, 0.05) is 0 Å². The third-order valence-corrected chi connectivity index (χ3v) is 2.94. The van der Waals surface area contributed by atoms with E-state index in [9.17, 15) is 0 Å². The van der Waals surface area contributed by atoms with Gasteiger partial charge in [0.1, 0.15) is 0 Å². The van der Waals surface area contributed by atoms with Gasteiger partial charge in [-0.15, -0.1) is 0 Å². The Morgan fingerprint density at radius 3 is 1.94 bits per heavy atom. The molecule has 0 bridgehead atoms. The average molecular weight is 231 g/mol.